The minimum absolute atomic E-state index is 0.0318. The van der Waals surface area contributed by atoms with Gasteiger partial charge in [0.2, 0.25) is 5.89 Å². The molecule has 0 fully saturated rings. The number of carbonyl (C=O) groups excluding carboxylic acids is 2. The second kappa shape index (κ2) is 9.35. The summed E-state index contributed by atoms with van der Waals surface area (Å²) in [6, 6.07) is 23.2. The minimum atomic E-state index is -0.566. The maximum atomic E-state index is 13.2. The molecular weight excluding hydrogens is 452 g/mol. The Labute approximate surface area is 207 Å². The monoisotopic (exact) mass is 474 g/mol. The van der Waals surface area contributed by atoms with Gasteiger partial charge in [0.1, 0.15) is 11.6 Å². The molecule has 0 radical (unpaired) electrons. The number of oxazole rings is 1. The first-order chi connectivity index (χ1) is 17.5. The number of amides is 2. The standard InChI is InChI=1S/C29H22N4O3/c1-3-32-28(34)23(19(2)24(18-30)29(32)35)16-22-17-25-27(33(22)21-12-8-5-9-13-21)31-26(36-25)15-14-20-10-6-4-7-11-20/h4-17H,3H2,1-2H3/b15-14+,23-16-. The number of para-hydroxylation sites is 1. The first-order valence-corrected chi connectivity index (χ1v) is 11.5. The van der Waals surface area contributed by atoms with Crippen LogP contribution in [0.15, 0.2) is 87.9 Å². The summed E-state index contributed by atoms with van der Waals surface area (Å²) in [5, 5.41) is 9.56. The van der Waals surface area contributed by atoms with Gasteiger partial charge in [0.15, 0.2) is 11.2 Å². The summed E-state index contributed by atoms with van der Waals surface area (Å²) in [4.78, 5) is 31.5. The molecular formula is C29H22N4O3. The minimum Gasteiger partial charge on any atom is -0.435 e. The van der Waals surface area contributed by atoms with Gasteiger partial charge in [-0.1, -0.05) is 48.5 Å². The van der Waals surface area contributed by atoms with Crippen LogP contribution in [0.4, 0.5) is 0 Å². The SMILES string of the molecule is CCN1C(=O)C(C#N)=C(C)/C(=C/c2cc3oc(/C=C/c4ccccc4)nc3n2-c2ccccc2)C1=O. The summed E-state index contributed by atoms with van der Waals surface area (Å²) in [6.45, 7) is 3.50. The number of aromatic nitrogens is 2. The van der Waals surface area contributed by atoms with Crippen molar-refractivity contribution in [2.75, 3.05) is 6.54 Å². The van der Waals surface area contributed by atoms with Gasteiger partial charge in [-0.05, 0) is 49.3 Å². The number of fused-ring (bicyclic) bond motifs is 1. The second-order valence-electron chi connectivity index (χ2n) is 8.25. The molecule has 36 heavy (non-hydrogen) atoms. The van der Waals surface area contributed by atoms with Crippen LogP contribution in [0.3, 0.4) is 0 Å². The van der Waals surface area contributed by atoms with Gasteiger partial charge in [0.05, 0.1) is 5.69 Å². The van der Waals surface area contributed by atoms with E-state index in [2.05, 4.69) is 0 Å². The zero-order chi connectivity index (χ0) is 25.2. The lowest BCUT2D eigenvalue weighted by molar-refractivity contribution is -0.140. The van der Waals surface area contributed by atoms with Crippen LogP contribution in [0.2, 0.25) is 0 Å². The molecule has 2 aromatic heterocycles. The lowest BCUT2D eigenvalue weighted by Crippen LogP contribution is -2.42. The van der Waals surface area contributed by atoms with E-state index in [-0.39, 0.29) is 17.7 Å². The van der Waals surface area contributed by atoms with E-state index in [1.165, 1.54) is 0 Å². The molecule has 0 atom stereocenters. The van der Waals surface area contributed by atoms with E-state index in [9.17, 15) is 14.9 Å². The smallest absolute Gasteiger partial charge is 0.271 e. The predicted octanol–water partition coefficient (Wildman–Crippen LogP) is 5.40. The summed E-state index contributed by atoms with van der Waals surface area (Å²) in [6.07, 6.45) is 5.42. The molecule has 0 bridgehead atoms. The summed E-state index contributed by atoms with van der Waals surface area (Å²) < 4.78 is 7.91. The van der Waals surface area contributed by atoms with Crippen molar-refractivity contribution in [3.8, 4) is 11.8 Å². The van der Waals surface area contributed by atoms with E-state index >= 15 is 0 Å². The molecule has 1 aliphatic heterocycles. The van der Waals surface area contributed by atoms with E-state index < -0.39 is 11.8 Å². The largest absolute Gasteiger partial charge is 0.435 e. The molecule has 5 rings (SSSR count). The van der Waals surface area contributed by atoms with Crippen LogP contribution in [-0.2, 0) is 9.59 Å². The maximum Gasteiger partial charge on any atom is 0.271 e. The van der Waals surface area contributed by atoms with Gasteiger partial charge in [-0.3, -0.25) is 19.1 Å². The number of rotatable bonds is 5. The third-order valence-corrected chi connectivity index (χ3v) is 6.07. The molecule has 3 heterocycles. The Hall–Kier alpha value is -4.96. The Balaban J connectivity index is 1.66. The molecule has 1 aliphatic rings. The zero-order valence-electron chi connectivity index (χ0n) is 19.8. The number of imide groups is 1. The highest BCUT2D eigenvalue weighted by atomic mass is 16.3. The number of nitriles is 1. The summed E-state index contributed by atoms with van der Waals surface area (Å²) in [5.41, 5.74) is 4.26. The fourth-order valence-electron chi connectivity index (χ4n) is 4.24. The van der Waals surface area contributed by atoms with E-state index in [0.717, 1.165) is 16.2 Å². The van der Waals surface area contributed by atoms with Crippen molar-refractivity contribution in [2.24, 2.45) is 0 Å². The van der Waals surface area contributed by atoms with Crippen LogP contribution in [0.1, 0.15) is 31.0 Å². The van der Waals surface area contributed by atoms with Gasteiger partial charge < -0.3 is 4.42 Å². The highest BCUT2D eigenvalue weighted by Crippen LogP contribution is 2.31. The van der Waals surface area contributed by atoms with Crippen molar-refractivity contribution in [3.05, 3.63) is 101 Å². The van der Waals surface area contributed by atoms with Crippen LogP contribution in [0.5, 0.6) is 0 Å². The molecule has 0 N–H and O–H groups in total. The summed E-state index contributed by atoms with van der Waals surface area (Å²) in [7, 11) is 0. The van der Waals surface area contributed by atoms with Crippen molar-refractivity contribution >= 4 is 41.3 Å². The van der Waals surface area contributed by atoms with Gasteiger partial charge in [0.25, 0.3) is 11.8 Å². The number of likely N-dealkylation sites (N-methyl/N-ethyl adjacent to an activating group) is 1. The van der Waals surface area contributed by atoms with Crippen LogP contribution < -0.4 is 0 Å². The molecule has 7 nitrogen and oxygen atoms in total. The number of benzene rings is 2. The molecule has 0 unspecified atom stereocenters. The highest BCUT2D eigenvalue weighted by molar-refractivity contribution is 6.19. The fraction of sp³-hybridized carbons (Fsp3) is 0.103. The average Bonchev–Trinajstić information content (AvgIpc) is 3.44. The number of hydrogen-bond donors (Lipinski definition) is 0. The van der Waals surface area contributed by atoms with Crippen molar-refractivity contribution < 1.29 is 14.0 Å². The Morgan fingerprint density at radius 3 is 2.36 bits per heavy atom. The Kier molecular flexibility index (Phi) is 5.93. The van der Waals surface area contributed by atoms with Gasteiger partial charge >= 0.3 is 0 Å². The van der Waals surface area contributed by atoms with Crippen molar-refractivity contribution in [1.29, 1.82) is 5.26 Å². The molecule has 4 aromatic rings. The maximum absolute atomic E-state index is 13.2. The van der Waals surface area contributed by atoms with Crippen molar-refractivity contribution in [2.45, 2.75) is 13.8 Å². The Morgan fingerprint density at radius 1 is 1.00 bits per heavy atom. The Morgan fingerprint density at radius 2 is 1.69 bits per heavy atom. The molecule has 0 aliphatic carbocycles. The average molecular weight is 475 g/mol. The Bertz CT molecular complexity index is 1610. The van der Waals surface area contributed by atoms with E-state index in [1.807, 2.05) is 89.5 Å². The number of nitrogens with zero attached hydrogens (tertiary/aromatic N) is 4. The van der Waals surface area contributed by atoms with Crippen LogP contribution in [0, 0.1) is 11.3 Å². The van der Waals surface area contributed by atoms with Gasteiger partial charge in [-0.15, -0.1) is 0 Å². The molecule has 7 heteroatoms. The topological polar surface area (TPSA) is 92.1 Å². The lowest BCUT2D eigenvalue weighted by Gasteiger charge is -2.26. The van der Waals surface area contributed by atoms with Crippen LogP contribution >= 0.6 is 0 Å². The third kappa shape index (κ3) is 3.95. The normalized spacial score (nSPS) is 15.5. The molecule has 0 saturated carbocycles. The molecule has 2 amide bonds. The first-order valence-electron chi connectivity index (χ1n) is 11.5. The quantitative estimate of drug-likeness (QED) is 0.285. The van der Waals surface area contributed by atoms with E-state index in [1.54, 1.807) is 19.9 Å². The molecule has 0 saturated heterocycles. The third-order valence-electron chi connectivity index (χ3n) is 6.07. The van der Waals surface area contributed by atoms with E-state index in [0.29, 0.717) is 28.4 Å². The van der Waals surface area contributed by atoms with Crippen molar-refractivity contribution in [1.82, 2.24) is 14.5 Å². The van der Waals surface area contributed by atoms with Crippen LogP contribution in [0.25, 0.3) is 35.1 Å². The predicted molar refractivity (Wildman–Crippen MR) is 137 cm³/mol. The highest BCUT2D eigenvalue weighted by Gasteiger charge is 2.34. The van der Waals surface area contributed by atoms with E-state index in [4.69, 9.17) is 9.40 Å². The zero-order valence-corrected chi connectivity index (χ0v) is 19.8. The molecule has 0 spiro atoms. The fourth-order valence-corrected chi connectivity index (χ4v) is 4.24. The number of carbonyl (C=O) groups is 2. The summed E-state index contributed by atoms with van der Waals surface area (Å²) >= 11 is 0. The van der Waals surface area contributed by atoms with Gasteiger partial charge in [-0.2, -0.15) is 10.2 Å². The van der Waals surface area contributed by atoms with Crippen molar-refractivity contribution in [3.63, 3.8) is 0 Å². The molecule has 176 valence electrons. The van der Waals surface area contributed by atoms with Gasteiger partial charge in [-0.25, -0.2) is 0 Å². The first kappa shape index (κ1) is 22.8. The van der Waals surface area contributed by atoms with Crippen LogP contribution in [-0.4, -0.2) is 32.8 Å². The van der Waals surface area contributed by atoms with Gasteiger partial charge in [0, 0.05) is 29.9 Å². The second-order valence-corrected chi connectivity index (χ2v) is 8.25. The lowest BCUT2D eigenvalue weighted by atomic mass is 9.94. The number of hydrogen-bond acceptors (Lipinski definition) is 5. The molecule has 2 aromatic carbocycles. The summed E-state index contributed by atoms with van der Waals surface area (Å²) in [5.74, 6) is -0.550.